The summed E-state index contributed by atoms with van der Waals surface area (Å²) in [4.78, 5) is 13.8. The van der Waals surface area contributed by atoms with Crippen molar-refractivity contribution < 1.29 is 4.79 Å². The van der Waals surface area contributed by atoms with E-state index in [0.29, 0.717) is 17.8 Å². The minimum absolute atomic E-state index is 0.443. The molecular weight excluding hydrogens is 254 g/mol. The van der Waals surface area contributed by atoms with Crippen molar-refractivity contribution in [2.75, 3.05) is 10.6 Å². The highest BCUT2D eigenvalue weighted by Crippen LogP contribution is 2.32. The summed E-state index contributed by atoms with van der Waals surface area (Å²) in [5.41, 5.74) is 15.6. The topological polar surface area (TPSA) is 90.2 Å². The van der Waals surface area contributed by atoms with E-state index in [0.717, 1.165) is 18.1 Å². The van der Waals surface area contributed by atoms with E-state index in [9.17, 15) is 4.79 Å². The summed E-state index contributed by atoms with van der Waals surface area (Å²) in [6, 6.07) is 5.89. The molecule has 0 saturated heterocycles. The number of anilines is 2. The van der Waals surface area contributed by atoms with E-state index < -0.39 is 5.91 Å². The van der Waals surface area contributed by atoms with Crippen LogP contribution >= 0.6 is 0 Å². The highest BCUT2D eigenvalue weighted by atomic mass is 16.1. The van der Waals surface area contributed by atoms with E-state index in [4.69, 9.17) is 11.5 Å². The third kappa shape index (κ3) is 1.80. The molecule has 1 aliphatic heterocycles. The fourth-order valence-corrected chi connectivity index (χ4v) is 2.86. The zero-order valence-electron chi connectivity index (χ0n) is 11.6. The van der Waals surface area contributed by atoms with Gasteiger partial charge < -0.3 is 16.4 Å². The molecule has 2 heterocycles. The van der Waals surface area contributed by atoms with Gasteiger partial charge in [-0.25, -0.2) is 0 Å². The van der Waals surface area contributed by atoms with Crippen LogP contribution in [0.1, 0.15) is 27.2 Å². The Labute approximate surface area is 117 Å². The molecule has 0 unspecified atom stereocenters. The molecule has 0 saturated carbocycles. The zero-order chi connectivity index (χ0) is 14.4. The molecular formula is C14H17N5O. The molecule has 3 rings (SSSR count). The summed E-state index contributed by atoms with van der Waals surface area (Å²) < 4.78 is 1.71. The average molecular weight is 271 g/mol. The summed E-state index contributed by atoms with van der Waals surface area (Å²) in [6.45, 7) is 3.24. The van der Waals surface area contributed by atoms with Gasteiger partial charge in [0.15, 0.2) is 0 Å². The number of rotatable bonds is 2. The van der Waals surface area contributed by atoms with Crippen LogP contribution in [0.4, 0.5) is 11.5 Å². The van der Waals surface area contributed by atoms with Gasteiger partial charge >= 0.3 is 0 Å². The number of carbonyl (C=O) groups excluding carboxylic acids is 1. The molecule has 2 aromatic rings. The third-order valence-corrected chi connectivity index (χ3v) is 3.69. The van der Waals surface area contributed by atoms with Crippen LogP contribution in [0.3, 0.4) is 0 Å². The van der Waals surface area contributed by atoms with Crippen molar-refractivity contribution in [2.24, 2.45) is 12.8 Å². The Morgan fingerprint density at radius 1 is 1.30 bits per heavy atom. The standard InChI is InChI=1S/C14H17N5O/c1-8-12(13(16)20)14(18(2)17-8)19-6-9-3-4-11(15)5-10(9)7-19/h3-5H,6-7,15H2,1-2H3,(H2,16,20). The lowest BCUT2D eigenvalue weighted by molar-refractivity contribution is 0.1000. The quantitative estimate of drug-likeness (QED) is 0.795. The van der Waals surface area contributed by atoms with Gasteiger partial charge in [-0.2, -0.15) is 5.10 Å². The number of benzene rings is 1. The van der Waals surface area contributed by atoms with Crippen LogP contribution < -0.4 is 16.4 Å². The van der Waals surface area contributed by atoms with Gasteiger partial charge in [0.2, 0.25) is 0 Å². The fraction of sp³-hybridized carbons (Fsp3) is 0.286. The predicted molar refractivity (Wildman–Crippen MR) is 77.2 cm³/mol. The second-order valence-electron chi connectivity index (χ2n) is 5.16. The molecule has 1 amide bonds. The number of nitrogens with two attached hydrogens (primary N) is 2. The molecule has 0 aliphatic carbocycles. The van der Waals surface area contributed by atoms with Gasteiger partial charge in [0.1, 0.15) is 11.4 Å². The molecule has 104 valence electrons. The first kappa shape index (κ1) is 12.5. The summed E-state index contributed by atoms with van der Waals surface area (Å²) in [5.74, 6) is 0.325. The molecule has 0 fully saturated rings. The summed E-state index contributed by atoms with van der Waals surface area (Å²) in [7, 11) is 1.83. The molecule has 1 aromatic heterocycles. The fourth-order valence-electron chi connectivity index (χ4n) is 2.86. The molecule has 6 nitrogen and oxygen atoms in total. The van der Waals surface area contributed by atoms with Crippen molar-refractivity contribution in [3.63, 3.8) is 0 Å². The lowest BCUT2D eigenvalue weighted by atomic mass is 10.1. The van der Waals surface area contributed by atoms with Crippen molar-refractivity contribution in [2.45, 2.75) is 20.0 Å². The molecule has 0 atom stereocenters. The van der Waals surface area contributed by atoms with Crippen molar-refractivity contribution in [1.29, 1.82) is 0 Å². The molecule has 1 aliphatic rings. The van der Waals surface area contributed by atoms with Gasteiger partial charge in [0.05, 0.1) is 5.69 Å². The van der Waals surface area contributed by atoms with E-state index in [-0.39, 0.29) is 0 Å². The summed E-state index contributed by atoms with van der Waals surface area (Å²) in [5, 5.41) is 4.31. The number of hydrogen-bond acceptors (Lipinski definition) is 4. The van der Waals surface area contributed by atoms with Gasteiger partial charge in [-0.3, -0.25) is 9.48 Å². The predicted octanol–water partition coefficient (Wildman–Crippen LogP) is 0.930. The van der Waals surface area contributed by atoms with E-state index >= 15 is 0 Å². The normalized spacial score (nSPS) is 13.6. The number of primary amides is 1. The van der Waals surface area contributed by atoms with Gasteiger partial charge in [0.25, 0.3) is 5.91 Å². The van der Waals surface area contributed by atoms with Crippen LogP contribution in [0.25, 0.3) is 0 Å². The molecule has 0 radical (unpaired) electrons. The Morgan fingerprint density at radius 3 is 2.70 bits per heavy atom. The minimum Gasteiger partial charge on any atom is -0.399 e. The molecule has 1 aromatic carbocycles. The maximum Gasteiger partial charge on any atom is 0.254 e. The van der Waals surface area contributed by atoms with Gasteiger partial charge in [-0.05, 0) is 30.2 Å². The first-order chi connectivity index (χ1) is 9.47. The van der Waals surface area contributed by atoms with Crippen LogP contribution in [-0.4, -0.2) is 15.7 Å². The average Bonchev–Trinajstić information content (AvgIpc) is 2.88. The number of nitrogen functional groups attached to an aromatic ring is 1. The van der Waals surface area contributed by atoms with Crippen LogP contribution in [0.2, 0.25) is 0 Å². The maximum absolute atomic E-state index is 11.7. The number of aryl methyl sites for hydroxylation is 2. The number of fused-ring (bicyclic) bond motifs is 1. The number of nitrogens with zero attached hydrogens (tertiary/aromatic N) is 3. The molecule has 0 bridgehead atoms. The van der Waals surface area contributed by atoms with Crippen molar-refractivity contribution >= 4 is 17.4 Å². The van der Waals surface area contributed by atoms with Crippen LogP contribution in [0.15, 0.2) is 18.2 Å². The minimum atomic E-state index is -0.443. The zero-order valence-corrected chi connectivity index (χ0v) is 11.6. The first-order valence-corrected chi connectivity index (χ1v) is 6.43. The molecule has 6 heteroatoms. The maximum atomic E-state index is 11.7. The lowest BCUT2D eigenvalue weighted by Crippen LogP contribution is -2.22. The third-order valence-electron chi connectivity index (χ3n) is 3.69. The van der Waals surface area contributed by atoms with Gasteiger partial charge in [-0.1, -0.05) is 6.07 Å². The largest absolute Gasteiger partial charge is 0.399 e. The van der Waals surface area contributed by atoms with Gasteiger partial charge in [0, 0.05) is 25.8 Å². The van der Waals surface area contributed by atoms with Crippen LogP contribution in [0, 0.1) is 6.92 Å². The Kier molecular flexibility index (Phi) is 2.67. The highest BCUT2D eigenvalue weighted by molar-refractivity contribution is 5.99. The smallest absolute Gasteiger partial charge is 0.254 e. The second kappa shape index (κ2) is 4.26. The lowest BCUT2D eigenvalue weighted by Gasteiger charge is -2.18. The van der Waals surface area contributed by atoms with E-state index in [1.54, 1.807) is 11.6 Å². The highest BCUT2D eigenvalue weighted by Gasteiger charge is 2.27. The Hall–Kier alpha value is -2.50. The first-order valence-electron chi connectivity index (χ1n) is 6.43. The second-order valence-corrected chi connectivity index (χ2v) is 5.16. The van der Waals surface area contributed by atoms with Gasteiger partial charge in [-0.15, -0.1) is 0 Å². The van der Waals surface area contributed by atoms with Crippen molar-refractivity contribution in [1.82, 2.24) is 9.78 Å². The number of amides is 1. The summed E-state index contributed by atoms with van der Waals surface area (Å²) in [6.07, 6.45) is 0. The van der Waals surface area contributed by atoms with E-state index in [2.05, 4.69) is 10.00 Å². The summed E-state index contributed by atoms with van der Waals surface area (Å²) >= 11 is 0. The van der Waals surface area contributed by atoms with E-state index in [1.165, 1.54) is 11.1 Å². The number of carbonyl (C=O) groups is 1. The SMILES string of the molecule is Cc1nn(C)c(N2Cc3ccc(N)cc3C2)c1C(N)=O. The Bertz CT molecular complexity index is 704. The number of hydrogen-bond donors (Lipinski definition) is 2. The molecule has 0 spiro atoms. The van der Waals surface area contributed by atoms with E-state index in [1.807, 2.05) is 25.2 Å². The monoisotopic (exact) mass is 271 g/mol. The molecule has 20 heavy (non-hydrogen) atoms. The number of aromatic nitrogens is 2. The van der Waals surface area contributed by atoms with Crippen molar-refractivity contribution in [3.05, 3.63) is 40.6 Å². The Balaban J connectivity index is 2.03. The van der Waals surface area contributed by atoms with Crippen LogP contribution in [0.5, 0.6) is 0 Å². The van der Waals surface area contributed by atoms with Crippen molar-refractivity contribution in [3.8, 4) is 0 Å². The Morgan fingerprint density at radius 2 is 2.00 bits per heavy atom. The molecule has 4 N–H and O–H groups in total. The van der Waals surface area contributed by atoms with Crippen LogP contribution in [-0.2, 0) is 20.1 Å².